The third-order valence-corrected chi connectivity index (χ3v) is 6.91. The van der Waals surface area contributed by atoms with Crippen LogP contribution >= 0.6 is 0 Å². The average molecular weight is 400 g/mol. The maximum absolute atomic E-state index is 13.1. The monoisotopic (exact) mass is 400 g/mol. The van der Waals surface area contributed by atoms with Gasteiger partial charge in [0.25, 0.3) is 5.91 Å². The molecule has 3 aliphatic heterocycles. The van der Waals surface area contributed by atoms with Crippen LogP contribution in [0.15, 0.2) is 18.2 Å². The highest BCUT2D eigenvalue weighted by Crippen LogP contribution is 2.41. The Morgan fingerprint density at radius 3 is 2.79 bits per heavy atom. The molecule has 1 N–H and O–H groups in total. The van der Waals surface area contributed by atoms with Crippen LogP contribution in [0.25, 0.3) is 5.65 Å². The highest BCUT2D eigenvalue weighted by atomic mass is 16.5. The zero-order valence-electron chi connectivity index (χ0n) is 16.6. The number of carbonyl (C=O) groups is 1. The number of ether oxygens (including phenoxy) is 1. The van der Waals surface area contributed by atoms with E-state index in [4.69, 9.17) is 4.74 Å². The van der Waals surface area contributed by atoms with Crippen molar-refractivity contribution < 1.29 is 14.6 Å². The summed E-state index contributed by atoms with van der Waals surface area (Å²) in [5, 5.41) is 22.1. The van der Waals surface area contributed by atoms with E-state index in [-0.39, 0.29) is 17.4 Å². The first-order valence-corrected chi connectivity index (χ1v) is 10.6. The SMILES string of the molecule is O=C(c1cccc2nnnn12)N1CCC2(CC1)CC(O)CN(C1CCOCC1)C2. The molecule has 5 rings (SSSR count). The normalized spacial score (nSPS) is 26.2. The van der Waals surface area contributed by atoms with Gasteiger partial charge in [0.15, 0.2) is 5.65 Å². The molecule has 2 aromatic heterocycles. The molecule has 3 fully saturated rings. The summed E-state index contributed by atoms with van der Waals surface area (Å²) in [6, 6.07) is 5.88. The summed E-state index contributed by atoms with van der Waals surface area (Å²) in [5.41, 5.74) is 1.16. The number of fused-ring (bicyclic) bond motifs is 1. The number of aliphatic hydroxyl groups excluding tert-OH is 1. The van der Waals surface area contributed by atoms with Crippen LogP contribution in [0.4, 0.5) is 0 Å². The molecule has 0 saturated carbocycles. The summed E-state index contributed by atoms with van der Waals surface area (Å²) >= 11 is 0. The minimum Gasteiger partial charge on any atom is -0.392 e. The number of amides is 1. The molecule has 9 nitrogen and oxygen atoms in total. The number of aromatic nitrogens is 4. The lowest BCUT2D eigenvalue weighted by Gasteiger charge is -2.51. The molecule has 2 aromatic rings. The number of pyridine rings is 1. The molecule has 0 aromatic carbocycles. The second-order valence-corrected chi connectivity index (χ2v) is 8.78. The van der Waals surface area contributed by atoms with Gasteiger partial charge in [0.1, 0.15) is 5.69 Å². The molecule has 0 radical (unpaired) electrons. The van der Waals surface area contributed by atoms with Crippen LogP contribution in [0, 0.1) is 5.41 Å². The van der Waals surface area contributed by atoms with Crippen LogP contribution in [-0.4, -0.2) is 92.4 Å². The second-order valence-electron chi connectivity index (χ2n) is 8.78. The van der Waals surface area contributed by atoms with Crippen molar-refractivity contribution in [3.05, 3.63) is 23.9 Å². The maximum atomic E-state index is 13.1. The van der Waals surface area contributed by atoms with Gasteiger partial charge in [-0.05, 0) is 60.1 Å². The molecule has 0 bridgehead atoms. The van der Waals surface area contributed by atoms with Crippen molar-refractivity contribution in [2.45, 2.75) is 44.2 Å². The Kier molecular flexibility index (Phi) is 4.97. The van der Waals surface area contributed by atoms with Crippen LogP contribution in [0.1, 0.15) is 42.6 Å². The molecule has 29 heavy (non-hydrogen) atoms. The lowest BCUT2D eigenvalue weighted by Crippen LogP contribution is -2.57. The Balaban J connectivity index is 1.27. The third-order valence-electron chi connectivity index (χ3n) is 6.91. The van der Waals surface area contributed by atoms with Crippen molar-refractivity contribution >= 4 is 11.6 Å². The first kappa shape index (κ1) is 18.9. The Labute approximate surface area is 169 Å². The lowest BCUT2D eigenvalue weighted by atomic mass is 9.71. The lowest BCUT2D eigenvalue weighted by molar-refractivity contribution is -0.0695. The Morgan fingerprint density at radius 1 is 1.21 bits per heavy atom. The fourth-order valence-electron chi connectivity index (χ4n) is 5.36. The molecule has 3 aliphatic rings. The largest absolute Gasteiger partial charge is 0.392 e. The van der Waals surface area contributed by atoms with E-state index in [2.05, 4.69) is 20.4 Å². The predicted octanol–water partition coefficient (Wildman–Crippen LogP) is 0.592. The van der Waals surface area contributed by atoms with Crippen LogP contribution in [0.3, 0.4) is 0 Å². The van der Waals surface area contributed by atoms with Crippen LogP contribution < -0.4 is 0 Å². The predicted molar refractivity (Wildman–Crippen MR) is 104 cm³/mol. The molecular formula is C20H28N6O3. The van der Waals surface area contributed by atoms with Crippen LogP contribution in [0.5, 0.6) is 0 Å². The quantitative estimate of drug-likeness (QED) is 0.788. The van der Waals surface area contributed by atoms with Crippen molar-refractivity contribution in [3.8, 4) is 0 Å². The van der Waals surface area contributed by atoms with Gasteiger partial charge in [-0.25, -0.2) is 0 Å². The van der Waals surface area contributed by atoms with Gasteiger partial charge in [-0.2, -0.15) is 4.52 Å². The van der Waals surface area contributed by atoms with Gasteiger partial charge in [-0.15, -0.1) is 5.10 Å². The number of carbonyl (C=O) groups excluding carboxylic acids is 1. The highest BCUT2D eigenvalue weighted by molar-refractivity contribution is 5.93. The molecule has 1 spiro atoms. The first-order chi connectivity index (χ1) is 14.1. The van der Waals surface area contributed by atoms with E-state index in [0.717, 1.165) is 58.4 Å². The fourth-order valence-corrected chi connectivity index (χ4v) is 5.36. The summed E-state index contributed by atoms with van der Waals surface area (Å²) in [7, 11) is 0. The number of likely N-dealkylation sites (tertiary alicyclic amines) is 2. The number of hydrogen-bond acceptors (Lipinski definition) is 7. The molecule has 1 unspecified atom stereocenters. The smallest absolute Gasteiger partial charge is 0.272 e. The number of piperidine rings is 2. The van der Waals surface area contributed by atoms with Gasteiger partial charge < -0.3 is 14.7 Å². The number of nitrogens with zero attached hydrogens (tertiary/aromatic N) is 6. The molecule has 1 amide bonds. The topological polar surface area (TPSA) is 96.1 Å². The number of aliphatic hydroxyl groups is 1. The van der Waals surface area contributed by atoms with Crippen molar-refractivity contribution in [1.29, 1.82) is 0 Å². The fraction of sp³-hybridized carbons (Fsp3) is 0.700. The second kappa shape index (κ2) is 7.62. The Hall–Kier alpha value is -2.10. The van der Waals surface area contributed by atoms with Gasteiger partial charge in [-0.1, -0.05) is 6.07 Å². The van der Waals surface area contributed by atoms with Crippen LogP contribution in [-0.2, 0) is 4.74 Å². The molecule has 3 saturated heterocycles. The van der Waals surface area contributed by atoms with Gasteiger partial charge >= 0.3 is 0 Å². The minimum atomic E-state index is -0.288. The van der Waals surface area contributed by atoms with Crippen molar-refractivity contribution in [1.82, 2.24) is 29.8 Å². The van der Waals surface area contributed by atoms with Gasteiger partial charge in [0.05, 0.1) is 6.10 Å². The first-order valence-electron chi connectivity index (χ1n) is 10.6. The number of rotatable bonds is 2. The maximum Gasteiger partial charge on any atom is 0.272 e. The number of β-amino-alcohol motifs (C(OH)–C–C–N with tert-alkyl or cyclic N) is 1. The minimum absolute atomic E-state index is 0.0320. The highest BCUT2D eigenvalue weighted by Gasteiger charge is 2.44. The van der Waals surface area contributed by atoms with E-state index in [0.29, 0.717) is 30.5 Å². The Morgan fingerprint density at radius 2 is 2.00 bits per heavy atom. The summed E-state index contributed by atoms with van der Waals surface area (Å²) < 4.78 is 7.02. The summed E-state index contributed by atoms with van der Waals surface area (Å²) in [6.45, 7) is 4.80. The molecule has 9 heteroatoms. The molecule has 156 valence electrons. The molecule has 1 atom stereocenters. The van der Waals surface area contributed by atoms with E-state index in [1.54, 1.807) is 12.1 Å². The number of tetrazole rings is 1. The Bertz CT molecular complexity index is 872. The zero-order valence-corrected chi connectivity index (χ0v) is 16.6. The van der Waals surface area contributed by atoms with Gasteiger partial charge in [-0.3, -0.25) is 9.69 Å². The molecular weight excluding hydrogens is 372 g/mol. The van der Waals surface area contributed by atoms with E-state index < -0.39 is 0 Å². The summed E-state index contributed by atoms with van der Waals surface area (Å²) in [4.78, 5) is 17.5. The third kappa shape index (κ3) is 3.62. The number of hydrogen-bond donors (Lipinski definition) is 1. The van der Waals surface area contributed by atoms with Gasteiger partial charge in [0.2, 0.25) is 0 Å². The van der Waals surface area contributed by atoms with Crippen LogP contribution in [0.2, 0.25) is 0 Å². The molecule has 5 heterocycles. The van der Waals surface area contributed by atoms with E-state index in [1.807, 2.05) is 11.0 Å². The van der Waals surface area contributed by atoms with Crippen molar-refractivity contribution in [3.63, 3.8) is 0 Å². The van der Waals surface area contributed by atoms with Crippen molar-refractivity contribution in [2.24, 2.45) is 5.41 Å². The van der Waals surface area contributed by atoms with Gasteiger partial charge in [0, 0.05) is 45.4 Å². The van der Waals surface area contributed by atoms with Crippen molar-refractivity contribution in [2.75, 3.05) is 39.4 Å². The average Bonchev–Trinajstić information content (AvgIpc) is 3.23. The standard InChI is InChI=1S/C20H28N6O3/c27-16-12-20(14-25(13-16)15-4-10-29-11-5-15)6-8-24(9-7-20)19(28)17-2-1-3-18-21-22-23-26(17)18/h1-3,15-16,27H,4-14H2. The van der Waals surface area contributed by atoms with E-state index in [1.165, 1.54) is 4.52 Å². The zero-order chi connectivity index (χ0) is 19.8. The summed E-state index contributed by atoms with van der Waals surface area (Å²) in [5.74, 6) is -0.0320. The molecule has 0 aliphatic carbocycles. The summed E-state index contributed by atoms with van der Waals surface area (Å²) in [6.07, 6.45) is 4.47. The van der Waals surface area contributed by atoms with E-state index in [9.17, 15) is 9.90 Å². The van der Waals surface area contributed by atoms with E-state index >= 15 is 0 Å².